The number of hydrogen-bond donors (Lipinski definition) is 2. The fraction of sp³-hybridized carbons (Fsp3) is 0.333. The van der Waals surface area contributed by atoms with Crippen molar-refractivity contribution in [1.82, 2.24) is 0 Å². The summed E-state index contributed by atoms with van der Waals surface area (Å²) in [5.74, 6) is 0.608. The fourth-order valence-corrected chi connectivity index (χ4v) is 3.54. The van der Waals surface area contributed by atoms with E-state index < -0.39 is 0 Å². The van der Waals surface area contributed by atoms with Crippen molar-refractivity contribution in [2.45, 2.75) is 51.3 Å². The summed E-state index contributed by atoms with van der Waals surface area (Å²) in [5, 5.41) is 20.7. The summed E-state index contributed by atoms with van der Waals surface area (Å²) in [6.45, 7) is 11.9. The average molecular weight is 302 g/mol. The van der Waals surface area contributed by atoms with Crippen molar-refractivity contribution in [2.24, 2.45) is 0 Å². The standard InChI is InChI=1S/C18H22O2S/c1-9-7-15(17(19)13(5)11(9)3)21-16-8-10(2)12(4)14(6)18(16)20/h7-8,19-20H,1-6H3. The Bertz CT molecular complexity index is 657. The summed E-state index contributed by atoms with van der Waals surface area (Å²) < 4.78 is 0. The summed E-state index contributed by atoms with van der Waals surface area (Å²) in [4.78, 5) is 1.57. The molecule has 0 bridgehead atoms. The van der Waals surface area contributed by atoms with Crippen molar-refractivity contribution in [3.63, 3.8) is 0 Å². The highest BCUT2D eigenvalue weighted by Crippen LogP contribution is 2.43. The van der Waals surface area contributed by atoms with Crippen LogP contribution in [0.25, 0.3) is 0 Å². The van der Waals surface area contributed by atoms with Gasteiger partial charge in [-0.1, -0.05) is 11.8 Å². The monoisotopic (exact) mass is 302 g/mol. The maximum absolute atomic E-state index is 10.3. The van der Waals surface area contributed by atoms with Crippen LogP contribution in [0, 0.1) is 41.5 Å². The van der Waals surface area contributed by atoms with Crippen LogP contribution in [0.5, 0.6) is 11.5 Å². The summed E-state index contributed by atoms with van der Waals surface area (Å²) in [6.07, 6.45) is 0. The topological polar surface area (TPSA) is 40.5 Å². The summed E-state index contributed by atoms with van der Waals surface area (Å²) >= 11 is 1.41. The SMILES string of the molecule is Cc1cc(Sc2cc(C)c(C)c(C)c2O)c(O)c(C)c1C. The largest absolute Gasteiger partial charge is 0.506 e. The smallest absolute Gasteiger partial charge is 0.132 e. The highest BCUT2D eigenvalue weighted by atomic mass is 32.2. The van der Waals surface area contributed by atoms with Crippen molar-refractivity contribution >= 4 is 11.8 Å². The van der Waals surface area contributed by atoms with Crippen LogP contribution >= 0.6 is 11.8 Å². The second-order valence-corrected chi connectivity index (χ2v) is 6.77. The molecule has 112 valence electrons. The molecule has 0 fully saturated rings. The van der Waals surface area contributed by atoms with Gasteiger partial charge in [-0.25, -0.2) is 0 Å². The third-order valence-corrected chi connectivity index (χ3v) is 5.46. The van der Waals surface area contributed by atoms with Crippen molar-refractivity contribution in [3.05, 3.63) is 45.5 Å². The Labute approximate surface area is 130 Å². The zero-order valence-electron chi connectivity index (χ0n) is 13.5. The summed E-state index contributed by atoms with van der Waals surface area (Å²) in [5.41, 5.74) is 6.31. The lowest BCUT2D eigenvalue weighted by molar-refractivity contribution is 0.454. The van der Waals surface area contributed by atoms with Crippen LogP contribution in [-0.2, 0) is 0 Å². The highest BCUT2D eigenvalue weighted by molar-refractivity contribution is 7.99. The molecule has 0 amide bonds. The predicted molar refractivity (Wildman–Crippen MR) is 88.8 cm³/mol. The normalized spacial score (nSPS) is 11.0. The number of phenolic OH excluding ortho intramolecular Hbond substituents is 2. The van der Waals surface area contributed by atoms with E-state index in [0.717, 1.165) is 43.2 Å². The molecule has 0 aliphatic carbocycles. The molecule has 0 spiro atoms. The van der Waals surface area contributed by atoms with Crippen LogP contribution in [0.3, 0.4) is 0 Å². The molecule has 0 aromatic heterocycles. The number of hydrogen-bond acceptors (Lipinski definition) is 3. The number of benzene rings is 2. The minimum absolute atomic E-state index is 0.304. The predicted octanol–water partition coefficient (Wildman–Crippen LogP) is 5.10. The molecule has 2 aromatic rings. The van der Waals surface area contributed by atoms with Crippen molar-refractivity contribution in [3.8, 4) is 11.5 Å². The first-order chi connectivity index (χ1) is 9.73. The van der Waals surface area contributed by atoms with Crippen LogP contribution in [-0.4, -0.2) is 10.2 Å². The molecular weight excluding hydrogens is 280 g/mol. The molecule has 0 aliphatic heterocycles. The van der Waals surface area contributed by atoms with E-state index in [0.29, 0.717) is 11.5 Å². The minimum atomic E-state index is 0.304. The van der Waals surface area contributed by atoms with Crippen molar-refractivity contribution < 1.29 is 10.2 Å². The Balaban J connectivity index is 2.54. The Kier molecular flexibility index (Phi) is 4.24. The van der Waals surface area contributed by atoms with Crippen LogP contribution in [0.15, 0.2) is 21.9 Å². The number of aryl methyl sites for hydroxylation is 2. The van der Waals surface area contributed by atoms with Crippen LogP contribution < -0.4 is 0 Å². The second-order valence-electron chi connectivity index (χ2n) is 5.68. The van der Waals surface area contributed by atoms with Gasteiger partial charge in [0.2, 0.25) is 0 Å². The molecule has 3 heteroatoms. The van der Waals surface area contributed by atoms with Gasteiger partial charge in [-0.3, -0.25) is 0 Å². The van der Waals surface area contributed by atoms with Gasteiger partial charge in [-0.15, -0.1) is 0 Å². The lowest BCUT2D eigenvalue weighted by Gasteiger charge is -2.15. The number of phenols is 2. The van der Waals surface area contributed by atoms with E-state index in [4.69, 9.17) is 0 Å². The first-order valence-corrected chi connectivity index (χ1v) is 7.83. The van der Waals surface area contributed by atoms with E-state index in [-0.39, 0.29) is 0 Å². The van der Waals surface area contributed by atoms with Gasteiger partial charge >= 0.3 is 0 Å². The zero-order chi connectivity index (χ0) is 15.9. The van der Waals surface area contributed by atoms with Gasteiger partial charge in [0.25, 0.3) is 0 Å². The quantitative estimate of drug-likeness (QED) is 0.811. The molecule has 2 N–H and O–H groups in total. The molecule has 0 radical (unpaired) electrons. The molecule has 2 nitrogen and oxygen atoms in total. The van der Waals surface area contributed by atoms with E-state index in [2.05, 4.69) is 0 Å². The van der Waals surface area contributed by atoms with Gasteiger partial charge in [0.15, 0.2) is 0 Å². The average Bonchev–Trinajstić information content (AvgIpc) is 2.45. The summed E-state index contributed by atoms with van der Waals surface area (Å²) in [6, 6.07) is 3.96. The number of aromatic hydroxyl groups is 2. The highest BCUT2D eigenvalue weighted by Gasteiger charge is 2.15. The molecule has 0 atom stereocenters. The van der Waals surface area contributed by atoms with Crippen molar-refractivity contribution in [1.29, 1.82) is 0 Å². The Morgan fingerprint density at radius 3 is 1.29 bits per heavy atom. The third kappa shape index (κ3) is 2.75. The van der Waals surface area contributed by atoms with E-state index >= 15 is 0 Å². The molecule has 2 rings (SSSR count). The van der Waals surface area contributed by atoms with Gasteiger partial charge in [0.05, 0.1) is 9.79 Å². The Hall–Kier alpha value is -1.61. The first-order valence-electron chi connectivity index (χ1n) is 7.01. The second kappa shape index (κ2) is 5.64. The first kappa shape index (κ1) is 15.8. The number of rotatable bonds is 2. The Morgan fingerprint density at radius 2 is 0.952 bits per heavy atom. The van der Waals surface area contributed by atoms with Crippen LogP contribution in [0.2, 0.25) is 0 Å². The fourth-order valence-electron chi connectivity index (χ4n) is 2.34. The lowest BCUT2D eigenvalue weighted by atomic mass is 10.0. The van der Waals surface area contributed by atoms with Crippen LogP contribution in [0.1, 0.15) is 33.4 Å². The van der Waals surface area contributed by atoms with E-state index in [9.17, 15) is 10.2 Å². The molecule has 0 aliphatic rings. The molecule has 2 aromatic carbocycles. The van der Waals surface area contributed by atoms with Crippen LogP contribution in [0.4, 0.5) is 0 Å². The molecule has 0 heterocycles. The van der Waals surface area contributed by atoms with Gasteiger partial charge in [-0.2, -0.15) is 0 Å². The summed E-state index contributed by atoms with van der Waals surface area (Å²) in [7, 11) is 0. The van der Waals surface area contributed by atoms with Gasteiger partial charge in [-0.05, 0) is 87.1 Å². The van der Waals surface area contributed by atoms with Gasteiger partial charge in [0, 0.05) is 0 Å². The van der Waals surface area contributed by atoms with Gasteiger partial charge in [0.1, 0.15) is 11.5 Å². The molecule has 0 saturated heterocycles. The Morgan fingerprint density at radius 1 is 0.619 bits per heavy atom. The van der Waals surface area contributed by atoms with E-state index in [1.807, 2.05) is 53.7 Å². The van der Waals surface area contributed by atoms with Crippen molar-refractivity contribution in [2.75, 3.05) is 0 Å². The van der Waals surface area contributed by atoms with E-state index in [1.165, 1.54) is 11.8 Å². The third-order valence-electron chi connectivity index (χ3n) is 4.40. The molecule has 0 saturated carbocycles. The minimum Gasteiger partial charge on any atom is -0.506 e. The molecule has 21 heavy (non-hydrogen) atoms. The molecule has 0 unspecified atom stereocenters. The van der Waals surface area contributed by atoms with Gasteiger partial charge < -0.3 is 10.2 Å². The molecular formula is C18H22O2S. The maximum atomic E-state index is 10.3. The maximum Gasteiger partial charge on any atom is 0.132 e. The zero-order valence-corrected chi connectivity index (χ0v) is 14.3. The lowest BCUT2D eigenvalue weighted by Crippen LogP contribution is -1.92. The van der Waals surface area contributed by atoms with E-state index in [1.54, 1.807) is 0 Å².